The second-order valence-corrected chi connectivity index (χ2v) is 3.60. The number of hydrogen-bond donors (Lipinski definition) is 2. The van der Waals surface area contributed by atoms with Crippen molar-refractivity contribution in [2.75, 3.05) is 6.54 Å². The minimum Gasteiger partial charge on any atom is -0.370 e. The van der Waals surface area contributed by atoms with Crippen LogP contribution in [0.5, 0.6) is 0 Å². The van der Waals surface area contributed by atoms with E-state index < -0.39 is 18.0 Å². The predicted molar refractivity (Wildman–Crippen MR) is 52.1 cm³/mol. The lowest BCUT2D eigenvalue weighted by Crippen LogP contribution is -2.47. The molecule has 0 aliphatic carbocycles. The first kappa shape index (κ1) is 11.5. The van der Waals surface area contributed by atoms with Gasteiger partial charge in [-0.3, -0.25) is 9.59 Å². The number of carbonyl (C=O) groups is 2. The van der Waals surface area contributed by atoms with Crippen molar-refractivity contribution in [2.24, 2.45) is 11.5 Å². The Bertz CT molecular complexity index is 310. The third kappa shape index (κ3) is 2.67. The molecule has 1 rings (SSSR count). The number of amides is 2. The Morgan fingerprint density at radius 2 is 2.27 bits per heavy atom. The number of likely N-dealkylation sites (tertiary alicyclic amines) is 1. The van der Waals surface area contributed by atoms with Crippen molar-refractivity contribution in [2.45, 2.75) is 31.3 Å². The number of nitrogens with zero attached hydrogens (tertiary/aromatic N) is 2. The highest BCUT2D eigenvalue weighted by Gasteiger charge is 2.31. The number of carbonyl (C=O) groups excluding carboxylic acids is 2. The molecule has 2 amide bonds. The van der Waals surface area contributed by atoms with Crippen LogP contribution in [0.2, 0.25) is 0 Å². The fourth-order valence-electron chi connectivity index (χ4n) is 1.68. The zero-order chi connectivity index (χ0) is 11.4. The fraction of sp³-hybridized carbons (Fsp3) is 0.667. The van der Waals surface area contributed by atoms with Gasteiger partial charge in [-0.25, -0.2) is 0 Å². The van der Waals surface area contributed by atoms with Crippen LogP contribution >= 0.6 is 0 Å². The zero-order valence-electron chi connectivity index (χ0n) is 8.35. The van der Waals surface area contributed by atoms with Crippen LogP contribution < -0.4 is 11.5 Å². The smallest absolute Gasteiger partial charge is 0.241 e. The molecule has 0 bridgehead atoms. The second kappa shape index (κ2) is 4.75. The molecule has 0 spiro atoms. The van der Waals surface area contributed by atoms with Gasteiger partial charge in [0, 0.05) is 6.54 Å². The van der Waals surface area contributed by atoms with Crippen molar-refractivity contribution in [1.82, 2.24) is 4.90 Å². The van der Waals surface area contributed by atoms with Crippen LogP contribution in [0.1, 0.15) is 19.3 Å². The van der Waals surface area contributed by atoms with Crippen LogP contribution in [0.3, 0.4) is 0 Å². The van der Waals surface area contributed by atoms with Gasteiger partial charge < -0.3 is 16.4 Å². The minimum absolute atomic E-state index is 0.173. The van der Waals surface area contributed by atoms with E-state index in [0.29, 0.717) is 13.0 Å². The van der Waals surface area contributed by atoms with E-state index in [0.717, 1.165) is 6.42 Å². The van der Waals surface area contributed by atoms with E-state index in [-0.39, 0.29) is 12.3 Å². The number of nitrogens with two attached hydrogens (primary N) is 2. The minimum atomic E-state index is -0.920. The Kier molecular flexibility index (Phi) is 3.63. The topological polar surface area (TPSA) is 113 Å². The maximum Gasteiger partial charge on any atom is 0.241 e. The van der Waals surface area contributed by atoms with Crippen molar-refractivity contribution >= 4 is 11.8 Å². The molecule has 0 saturated carbocycles. The Morgan fingerprint density at radius 1 is 1.60 bits per heavy atom. The van der Waals surface area contributed by atoms with Crippen molar-refractivity contribution < 1.29 is 9.59 Å². The summed E-state index contributed by atoms with van der Waals surface area (Å²) in [5.41, 5.74) is 10.5. The molecule has 6 heteroatoms. The molecule has 4 N–H and O–H groups in total. The summed E-state index contributed by atoms with van der Waals surface area (Å²) in [4.78, 5) is 23.7. The lowest BCUT2D eigenvalue weighted by atomic mass is 10.1. The second-order valence-electron chi connectivity index (χ2n) is 3.60. The fourth-order valence-corrected chi connectivity index (χ4v) is 1.68. The quantitative estimate of drug-likeness (QED) is 0.602. The van der Waals surface area contributed by atoms with Crippen molar-refractivity contribution in [1.29, 1.82) is 5.26 Å². The first-order valence-corrected chi connectivity index (χ1v) is 4.80. The van der Waals surface area contributed by atoms with Crippen molar-refractivity contribution in [3.63, 3.8) is 0 Å². The van der Waals surface area contributed by atoms with Gasteiger partial charge in [0.2, 0.25) is 11.8 Å². The number of rotatable bonds is 3. The molecule has 15 heavy (non-hydrogen) atoms. The van der Waals surface area contributed by atoms with Gasteiger partial charge in [-0.15, -0.1) is 0 Å². The molecule has 0 radical (unpaired) electrons. The van der Waals surface area contributed by atoms with Crippen LogP contribution in [-0.2, 0) is 9.59 Å². The number of primary amides is 1. The summed E-state index contributed by atoms with van der Waals surface area (Å²) in [6.45, 7) is 0.531. The van der Waals surface area contributed by atoms with Crippen molar-refractivity contribution in [3.05, 3.63) is 0 Å². The Morgan fingerprint density at radius 3 is 2.80 bits per heavy atom. The van der Waals surface area contributed by atoms with E-state index in [1.165, 1.54) is 4.90 Å². The van der Waals surface area contributed by atoms with Gasteiger partial charge in [0.1, 0.15) is 6.04 Å². The molecule has 82 valence electrons. The molecular weight excluding hydrogens is 196 g/mol. The average Bonchev–Trinajstić information content (AvgIpc) is 2.62. The third-order valence-electron chi connectivity index (χ3n) is 2.42. The largest absolute Gasteiger partial charge is 0.370 e. The van der Waals surface area contributed by atoms with Gasteiger partial charge in [0.15, 0.2) is 0 Å². The van der Waals surface area contributed by atoms with Gasteiger partial charge in [0.25, 0.3) is 0 Å². The van der Waals surface area contributed by atoms with E-state index in [2.05, 4.69) is 0 Å². The lowest BCUT2D eigenvalue weighted by Gasteiger charge is -2.22. The summed E-state index contributed by atoms with van der Waals surface area (Å²) in [7, 11) is 0. The number of hydrogen-bond acceptors (Lipinski definition) is 4. The molecule has 1 aliphatic rings. The highest BCUT2D eigenvalue weighted by atomic mass is 16.2. The molecule has 1 heterocycles. The molecule has 6 nitrogen and oxygen atoms in total. The molecule has 0 unspecified atom stereocenters. The standard InChI is InChI=1S/C9H14N4O2/c10-5-6-2-1-3-13(6)9(15)7(11)4-8(12)14/h6-7H,1-4,11H2,(H2,12,14)/t6-,7-/m0/s1. The monoisotopic (exact) mass is 210 g/mol. The Labute approximate surface area is 87.8 Å². The Balaban J connectivity index is 2.60. The van der Waals surface area contributed by atoms with E-state index >= 15 is 0 Å². The first-order valence-electron chi connectivity index (χ1n) is 4.80. The maximum absolute atomic E-state index is 11.7. The highest BCUT2D eigenvalue weighted by molar-refractivity contribution is 5.88. The summed E-state index contributed by atoms with van der Waals surface area (Å²) >= 11 is 0. The maximum atomic E-state index is 11.7. The van der Waals surface area contributed by atoms with E-state index in [1.54, 1.807) is 0 Å². The molecule has 1 saturated heterocycles. The van der Waals surface area contributed by atoms with Crippen molar-refractivity contribution in [3.8, 4) is 6.07 Å². The van der Waals surface area contributed by atoms with Gasteiger partial charge in [-0.2, -0.15) is 5.26 Å². The average molecular weight is 210 g/mol. The first-order chi connectivity index (χ1) is 7.06. The molecule has 0 aromatic carbocycles. The summed E-state index contributed by atoms with van der Waals surface area (Å²) in [6.07, 6.45) is 1.30. The van der Waals surface area contributed by atoms with Crippen LogP contribution in [0.25, 0.3) is 0 Å². The lowest BCUT2D eigenvalue weighted by molar-refractivity contribution is -0.134. The summed E-state index contributed by atoms with van der Waals surface area (Å²) < 4.78 is 0. The van der Waals surface area contributed by atoms with Gasteiger partial charge in [-0.05, 0) is 12.8 Å². The van der Waals surface area contributed by atoms with E-state index in [4.69, 9.17) is 16.7 Å². The number of nitriles is 1. The SMILES string of the molecule is N#C[C@@H]1CCCN1C(=O)[C@@H](N)CC(N)=O. The molecular formula is C9H14N4O2. The van der Waals surface area contributed by atoms with Crippen LogP contribution in [0.4, 0.5) is 0 Å². The van der Waals surface area contributed by atoms with E-state index in [1.807, 2.05) is 6.07 Å². The summed E-state index contributed by atoms with van der Waals surface area (Å²) in [5.74, 6) is -0.971. The molecule has 0 aromatic rings. The molecule has 1 aliphatic heterocycles. The summed E-state index contributed by atoms with van der Waals surface area (Å²) in [5, 5.41) is 8.77. The molecule has 2 atom stereocenters. The Hall–Kier alpha value is -1.61. The van der Waals surface area contributed by atoms with Crippen LogP contribution in [-0.4, -0.2) is 35.3 Å². The normalized spacial score (nSPS) is 22.1. The molecule has 1 fully saturated rings. The zero-order valence-corrected chi connectivity index (χ0v) is 8.35. The van der Waals surface area contributed by atoms with Crippen LogP contribution in [0, 0.1) is 11.3 Å². The summed E-state index contributed by atoms with van der Waals surface area (Å²) in [6, 6.07) is 0.710. The third-order valence-corrected chi connectivity index (χ3v) is 2.42. The van der Waals surface area contributed by atoms with Gasteiger partial charge in [-0.1, -0.05) is 0 Å². The predicted octanol–water partition coefficient (Wildman–Crippen LogP) is -1.30. The molecule has 0 aromatic heterocycles. The van der Waals surface area contributed by atoms with Gasteiger partial charge >= 0.3 is 0 Å². The van der Waals surface area contributed by atoms with Gasteiger partial charge in [0.05, 0.1) is 18.5 Å². The van der Waals surface area contributed by atoms with Crippen LogP contribution in [0.15, 0.2) is 0 Å². The highest BCUT2D eigenvalue weighted by Crippen LogP contribution is 2.17. The van der Waals surface area contributed by atoms with E-state index in [9.17, 15) is 9.59 Å².